The summed E-state index contributed by atoms with van der Waals surface area (Å²) in [6.45, 7) is 11.7. The molecule has 2 saturated heterocycles. The van der Waals surface area contributed by atoms with Crippen molar-refractivity contribution in [2.24, 2.45) is 4.99 Å². The number of rotatable bonds is 5. The fourth-order valence-corrected chi connectivity index (χ4v) is 5.16. The summed E-state index contributed by atoms with van der Waals surface area (Å²) >= 11 is 0. The highest BCUT2D eigenvalue weighted by Crippen LogP contribution is 2.34. The fraction of sp³-hybridized carbons (Fsp3) is 0.739. The van der Waals surface area contributed by atoms with E-state index in [0.717, 1.165) is 77.3 Å². The van der Waals surface area contributed by atoms with E-state index in [-0.39, 0.29) is 5.54 Å². The first kappa shape index (κ1) is 21.4. The number of nitrogens with zero attached hydrogens (tertiary/aromatic N) is 5. The fourth-order valence-electron chi connectivity index (χ4n) is 5.16. The normalized spacial score (nSPS) is 23.4. The van der Waals surface area contributed by atoms with Crippen LogP contribution < -0.4 is 10.2 Å². The van der Waals surface area contributed by atoms with Gasteiger partial charge in [-0.25, -0.2) is 4.98 Å². The van der Waals surface area contributed by atoms with E-state index in [1.165, 1.54) is 32.1 Å². The van der Waals surface area contributed by atoms with Gasteiger partial charge in [0.15, 0.2) is 5.96 Å². The molecular formula is C23H38N6O. The summed E-state index contributed by atoms with van der Waals surface area (Å²) in [5, 5.41) is 3.57. The lowest BCUT2D eigenvalue weighted by Crippen LogP contribution is -2.57. The molecule has 1 N–H and O–H groups in total. The van der Waals surface area contributed by atoms with Gasteiger partial charge in [0, 0.05) is 57.5 Å². The molecule has 7 nitrogen and oxygen atoms in total. The van der Waals surface area contributed by atoms with Crippen LogP contribution in [0.2, 0.25) is 0 Å². The molecule has 1 aromatic heterocycles. The van der Waals surface area contributed by atoms with Crippen LogP contribution in [0.25, 0.3) is 0 Å². The summed E-state index contributed by atoms with van der Waals surface area (Å²) in [7, 11) is 0. The first-order valence-corrected chi connectivity index (χ1v) is 11.8. The molecule has 0 atom stereocenters. The molecule has 3 heterocycles. The molecule has 3 fully saturated rings. The number of aliphatic imine (C=N–C) groups is 1. The zero-order chi connectivity index (χ0) is 20.7. The summed E-state index contributed by atoms with van der Waals surface area (Å²) in [4.78, 5) is 17.2. The number of piperazine rings is 1. The van der Waals surface area contributed by atoms with Crippen molar-refractivity contribution in [1.82, 2.24) is 20.1 Å². The van der Waals surface area contributed by atoms with E-state index in [1.54, 1.807) is 0 Å². The van der Waals surface area contributed by atoms with Crippen LogP contribution in [0.4, 0.5) is 5.82 Å². The Kier molecular flexibility index (Phi) is 7.44. The molecule has 166 valence electrons. The maximum atomic E-state index is 5.63. The van der Waals surface area contributed by atoms with Gasteiger partial charge in [-0.3, -0.25) is 9.89 Å². The molecule has 2 aliphatic heterocycles. The Balaban J connectivity index is 1.42. The Morgan fingerprint density at radius 2 is 1.83 bits per heavy atom. The van der Waals surface area contributed by atoms with E-state index >= 15 is 0 Å². The van der Waals surface area contributed by atoms with Crippen LogP contribution in [-0.4, -0.2) is 91.9 Å². The first-order chi connectivity index (χ1) is 14.8. The average molecular weight is 415 g/mol. The SMILES string of the molecule is CCNC(=NCC1(N2CCOCC2)CCCCC1)N1CCN(c2ccccn2)CC1. The third-order valence-electron chi connectivity index (χ3n) is 6.88. The van der Waals surface area contributed by atoms with Gasteiger partial charge in [0.25, 0.3) is 0 Å². The van der Waals surface area contributed by atoms with Crippen molar-refractivity contribution in [1.29, 1.82) is 0 Å². The van der Waals surface area contributed by atoms with Crippen LogP contribution in [0, 0.1) is 0 Å². The minimum Gasteiger partial charge on any atom is -0.379 e. The quantitative estimate of drug-likeness (QED) is 0.589. The van der Waals surface area contributed by atoms with E-state index < -0.39 is 0 Å². The monoisotopic (exact) mass is 414 g/mol. The third-order valence-corrected chi connectivity index (χ3v) is 6.88. The van der Waals surface area contributed by atoms with Crippen molar-refractivity contribution in [3.63, 3.8) is 0 Å². The summed E-state index contributed by atoms with van der Waals surface area (Å²) < 4.78 is 5.63. The molecule has 1 saturated carbocycles. The van der Waals surface area contributed by atoms with E-state index in [4.69, 9.17) is 9.73 Å². The summed E-state index contributed by atoms with van der Waals surface area (Å²) in [6.07, 6.45) is 8.43. The van der Waals surface area contributed by atoms with Crippen LogP contribution in [0.5, 0.6) is 0 Å². The number of guanidine groups is 1. The molecule has 0 bridgehead atoms. The average Bonchev–Trinajstić information content (AvgIpc) is 2.84. The molecular weight excluding hydrogens is 376 g/mol. The molecule has 0 unspecified atom stereocenters. The zero-order valence-corrected chi connectivity index (χ0v) is 18.6. The lowest BCUT2D eigenvalue weighted by molar-refractivity contribution is -0.0334. The van der Waals surface area contributed by atoms with Gasteiger partial charge < -0.3 is 19.9 Å². The second-order valence-corrected chi connectivity index (χ2v) is 8.72. The molecule has 0 amide bonds. The van der Waals surface area contributed by atoms with E-state index in [0.29, 0.717) is 0 Å². The number of anilines is 1. The predicted octanol–water partition coefficient (Wildman–Crippen LogP) is 2.20. The minimum atomic E-state index is 0.221. The molecule has 4 rings (SSSR count). The van der Waals surface area contributed by atoms with Gasteiger partial charge in [-0.2, -0.15) is 0 Å². The Bertz CT molecular complexity index is 662. The Labute approximate surface area is 181 Å². The number of pyridine rings is 1. The predicted molar refractivity (Wildman–Crippen MR) is 122 cm³/mol. The largest absolute Gasteiger partial charge is 0.379 e. The van der Waals surface area contributed by atoms with Crippen molar-refractivity contribution in [3.8, 4) is 0 Å². The highest BCUT2D eigenvalue weighted by Gasteiger charge is 2.38. The lowest BCUT2D eigenvalue weighted by atomic mass is 9.80. The van der Waals surface area contributed by atoms with Gasteiger partial charge >= 0.3 is 0 Å². The van der Waals surface area contributed by atoms with Gasteiger partial charge in [-0.1, -0.05) is 25.3 Å². The molecule has 30 heavy (non-hydrogen) atoms. The van der Waals surface area contributed by atoms with Crippen molar-refractivity contribution >= 4 is 11.8 Å². The second kappa shape index (κ2) is 10.4. The Hall–Kier alpha value is -1.86. The number of hydrogen-bond donors (Lipinski definition) is 1. The van der Waals surface area contributed by atoms with Gasteiger partial charge in [0.2, 0.25) is 0 Å². The van der Waals surface area contributed by atoms with Crippen LogP contribution in [0.3, 0.4) is 0 Å². The zero-order valence-electron chi connectivity index (χ0n) is 18.6. The third kappa shape index (κ3) is 5.06. The van der Waals surface area contributed by atoms with Crippen LogP contribution in [-0.2, 0) is 4.74 Å². The van der Waals surface area contributed by atoms with Crippen molar-refractivity contribution in [3.05, 3.63) is 24.4 Å². The lowest BCUT2D eigenvalue weighted by Gasteiger charge is -2.47. The number of ether oxygens (including phenoxy) is 1. The second-order valence-electron chi connectivity index (χ2n) is 8.72. The van der Waals surface area contributed by atoms with Gasteiger partial charge in [-0.05, 0) is 31.9 Å². The topological polar surface area (TPSA) is 56.2 Å². The Morgan fingerprint density at radius 3 is 2.50 bits per heavy atom. The smallest absolute Gasteiger partial charge is 0.194 e. The standard InChI is InChI=1S/C23H38N6O/c1-2-24-22(28-14-12-27(13-15-28)21-8-4-7-11-25-21)26-20-23(9-5-3-6-10-23)29-16-18-30-19-17-29/h4,7-8,11H,2-3,5-6,9-10,12-20H2,1H3,(H,24,26). The van der Waals surface area contributed by atoms with Gasteiger partial charge in [-0.15, -0.1) is 0 Å². The van der Waals surface area contributed by atoms with Crippen LogP contribution >= 0.6 is 0 Å². The summed E-state index contributed by atoms with van der Waals surface area (Å²) in [5.74, 6) is 2.16. The van der Waals surface area contributed by atoms with Gasteiger partial charge in [0.05, 0.1) is 19.8 Å². The van der Waals surface area contributed by atoms with E-state index in [2.05, 4.69) is 44.1 Å². The molecule has 1 aromatic rings. The summed E-state index contributed by atoms with van der Waals surface area (Å²) in [5.41, 5.74) is 0.221. The highest BCUT2D eigenvalue weighted by atomic mass is 16.5. The molecule has 0 spiro atoms. The van der Waals surface area contributed by atoms with Crippen LogP contribution in [0.1, 0.15) is 39.0 Å². The van der Waals surface area contributed by atoms with Crippen molar-refractivity contribution in [2.45, 2.75) is 44.6 Å². The molecule has 3 aliphatic rings. The van der Waals surface area contributed by atoms with E-state index in [1.807, 2.05) is 12.3 Å². The number of hydrogen-bond acceptors (Lipinski definition) is 5. The van der Waals surface area contributed by atoms with Crippen LogP contribution in [0.15, 0.2) is 29.4 Å². The molecule has 1 aliphatic carbocycles. The maximum absolute atomic E-state index is 5.63. The van der Waals surface area contributed by atoms with Gasteiger partial charge in [0.1, 0.15) is 5.82 Å². The number of morpholine rings is 1. The Morgan fingerprint density at radius 1 is 1.07 bits per heavy atom. The molecule has 7 heteroatoms. The maximum Gasteiger partial charge on any atom is 0.194 e. The van der Waals surface area contributed by atoms with Crippen molar-refractivity contribution in [2.75, 3.05) is 70.5 Å². The number of nitrogens with one attached hydrogen (secondary N) is 1. The highest BCUT2D eigenvalue weighted by molar-refractivity contribution is 5.80. The summed E-state index contributed by atoms with van der Waals surface area (Å²) in [6, 6.07) is 6.14. The molecule has 0 aromatic carbocycles. The molecule has 0 radical (unpaired) electrons. The first-order valence-electron chi connectivity index (χ1n) is 11.8. The van der Waals surface area contributed by atoms with Crippen molar-refractivity contribution < 1.29 is 4.74 Å². The number of aromatic nitrogens is 1. The minimum absolute atomic E-state index is 0.221. The van der Waals surface area contributed by atoms with E-state index in [9.17, 15) is 0 Å².